The van der Waals surface area contributed by atoms with Crippen molar-refractivity contribution in [2.75, 3.05) is 6.61 Å². The topological polar surface area (TPSA) is 26.3 Å². The quantitative estimate of drug-likeness (QED) is 0.505. The van der Waals surface area contributed by atoms with Crippen molar-refractivity contribution < 1.29 is 7.59 Å². The fourth-order valence-electron chi connectivity index (χ4n) is 0.232. The second kappa shape index (κ2) is 4.30. The van der Waals surface area contributed by atoms with Crippen molar-refractivity contribution in [2.24, 2.45) is 5.92 Å². The zero-order valence-corrected chi connectivity index (χ0v) is 5.83. The van der Waals surface area contributed by atoms with Crippen LogP contribution in [0.1, 0.15) is 13.8 Å². The molecule has 0 aromatic carbocycles. The summed E-state index contributed by atoms with van der Waals surface area (Å²) in [5.41, 5.74) is 0. The third-order valence-electron chi connectivity index (χ3n) is 0.498. The van der Waals surface area contributed by atoms with Crippen LogP contribution in [0.3, 0.4) is 0 Å². The van der Waals surface area contributed by atoms with E-state index in [9.17, 15) is 3.80 Å². The van der Waals surface area contributed by atoms with Crippen molar-refractivity contribution in [3.63, 3.8) is 0 Å². The maximum absolute atomic E-state index is 9.70. The van der Waals surface area contributed by atoms with E-state index in [0.29, 0.717) is 12.5 Å². The third-order valence-corrected chi connectivity index (χ3v) is 0.826. The summed E-state index contributed by atoms with van der Waals surface area (Å²) < 4.78 is 14.3. The molecule has 0 aliphatic rings. The summed E-state index contributed by atoms with van der Waals surface area (Å²) >= 11 is -0.989. The van der Waals surface area contributed by atoms with E-state index < -0.39 is 15.5 Å². The fourth-order valence-corrected chi connectivity index (χ4v) is 0.695. The molecular formula is C4H9AlO2. The normalized spacial score (nSPS) is 8.43. The van der Waals surface area contributed by atoms with Crippen LogP contribution in [0.5, 0.6) is 0 Å². The molecule has 0 fully saturated rings. The molecule has 3 heteroatoms. The van der Waals surface area contributed by atoms with Crippen LogP contribution in [0.2, 0.25) is 0 Å². The first-order valence-electron chi connectivity index (χ1n) is 2.32. The number of hydrogen-bond donors (Lipinski definition) is 0. The van der Waals surface area contributed by atoms with Gasteiger partial charge < -0.3 is 0 Å². The van der Waals surface area contributed by atoms with Crippen molar-refractivity contribution in [1.29, 1.82) is 0 Å². The fraction of sp³-hybridized carbons (Fsp3) is 1.00. The van der Waals surface area contributed by atoms with Gasteiger partial charge in [-0.3, -0.25) is 0 Å². The molecule has 0 unspecified atom stereocenters. The van der Waals surface area contributed by atoms with Gasteiger partial charge in [-0.25, -0.2) is 0 Å². The van der Waals surface area contributed by atoms with Gasteiger partial charge in [-0.05, 0) is 0 Å². The summed E-state index contributed by atoms with van der Waals surface area (Å²) in [7, 11) is 0. The average Bonchev–Trinajstić information content (AvgIpc) is 1.61. The summed E-state index contributed by atoms with van der Waals surface area (Å²) in [6.45, 7) is 4.67. The first kappa shape index (κ1) is 7.13. The van der Waals surface area contributed by atoms with Crippen molar-refractivity contribution in [3.8, 4) is 0 Å². The van der Waals surface area contributed by atoms with Gasteiger partial charge >= 0.3 is 49.5 Å². The van der Waals surface area contributed by atoms with Gasteiger partial charge in [0, 0.05) is 0 Å². The molecule has 0 aromatic rings. The molecule has 0 bridgehead atoms. The summed E-state index contributed by atoms with van der Waals surface area (Å²) in [6, 6.07) is 0. The van der Waals surface area contributed by atoms with Gasteiger partial charge in [0.25, 0.3) is 0 Å². The Labute approximate surface area is 50.1 Å². The zero-order valence-electron chi connectivity index (χ0n) is 4.68. The molecule has 0 aliphatic carbocycles. The summed E-state index contributed by atoms with van der Waals surface area (Å²) in [5, 5.41) is 0. The first-order valence-corrected chi connectivity index (χ1v) is 3.27. The Morgan fingerprint density at radius 1 is 1.71 bits per heavy atom. The summed E-state index contributed by atoms with van der Waals surface area (Å²) in [6.07, 6.45) is 0. The van der Waals surface area contributed by atoms with E-state index in [-0.39, 0.29) is 0 Å². The van der Waals surface area contributed by atoms with Crippen LogP contribution in [0.4, 0.5) is 0 Å². The predicted octanol–water partition coefficient (Wildman–Crippen LogP) is 0.624. The minimum absolute atomic E-state index is 0.501. The van der Waals surface area contributed by atoms with E-state index in [1.165, 1.54) is 0 Å². The van der Waals surface area contributed by atoms with Crippen LogP contribution in [-0.4, -0.2) is 22.1 Å². The Kier molecular flexibility index (Phi) is 4.38. The summed E-state index contributed by atoms with van der Waals surface area (Å²) in [4.78, 5) is 0. The zero-order chi connectivity index (χ0) is 5.70. The maximum atomic E-state index is 9.70. The van der Waals surface area contributed by atoms with Crippen LogP contribution < -0.4 is 0 Å². The van der Waals surface area contributed by atoms with Crippen molar-refractivity contribution >= 4 is 15.5 Å². The second-order valence-electron chi connectivity index (χ2n) is 1.82. The van der Waals surface area contributed by atoms with Gasteiger partial charge in [0.2, 0.25) is 0 Å². The molecule has 0 N–H and O–H groups in total. The van der Waals surface area contributed by atoms with Crippen molar-refractivity contribution in [1.82, 2.24) is 0 Å². The van der Waals surface area contributed by atoms with Crippen molar-refractivity contribution in [3.05, 3.63) is 0 Å². The molecule has 40 valence electrons. The van der Waals surface area contributed by atoms with Gasteiger partial charge in [0.05, 0.1) is 0 Å². The van der Waals surface area contributed by atoms with Crippen LogP contribution in [0, 0.1) is 5.92 Å². The molecule has 0 saturated carbocycles. The van der Waals surface area contributed by atoms with Gasteiger partial charge in [-0.15, -0.1) is 0 Å². The molecule has 0 rings (SSSR count). The predicted molar refractivity (Wildman–Crippen MR) is 27.2 cm³/mol. The van der Waals surface area contributed by atoms with Gasteiger partial charge in [-0.1, -0.05) is 0 Å². The second-order valence-corrected chi connectivity index (χ2v) is 2.35. The van der Waals surface area contributed by atoms with E-state index >= 15 is 0 Å². The van der Waals surface area contributed by atoms with Gasteiger partial charge in [0.15, 0.2) is 0 Å². The van der Waals surface area contributed by atoms with E-state index in [4.69, 9.17) is 0 Å². The molecule has 2 nitrogen and oxygen atoms in total. The molecular weight excluding hydrogens is 107 g/mol. The van der Waals surface area contributed by atoms with E-state index in [1.807, 2.05) is 13.8 Å². The molecule has 7 heavy (non-hydrogen) atoms. The minimum atomic E-state index is -0.989. The van der Waals surface area contributed by atoms with Crippen LogP contribution in [0.15, 0.2) is 0 Å². The molecule has 0 radical (unpaired) electrons. The number of rotatable bonds is 3. The molecule has 0 amide bonds. The molecule has 0 aromatic heterocycles. The van der Waals surface area contributed by atoms with Gasteiger partial charge in [0.1, 0.15) is 0 Å². The standard InChI is InChI=1S/C4H9O.Al.O/c1-4(2)3-5;;/h4H,3H2,1-2H3;;/q-1;+1;. The average molecular weight is 116 g/mol. The van der Waals surface area contributed by atoms with Crippen LogP contribution in [-0.2, 0) is 7.59 Å². The Morgan fingerprint density at radius 2 is 2.29 bits per heavy atom. The summed E-state index contributed by atoms with van der Waals surface area (Å²) in [5.74, 6) is 0.501. The van der Waals surface area contributed by atoms with Crippen molar-refractivity contribution in [2.45, 2.75) is 13.8 Å². The van der Waals surface area contributed by atoms with Gasteiger partial charge in [-0.2, -0.15) is 0 Å². The van der Waals surface area contributed by atoms with Crippen LogP contribution >= 0.6 is 0 Å². The molecule has 0 aliphatic heterocycles. The van der Waals surface area contributed by atoms with Crippen LogP contribution in [0.25, 0.3) is 0 Å². The third kappa shape index (κ3) is 6.13. The Balaban J connectivity index is 2.81. The number of hydrogen-bond acceptors (Lipinski definition) is 2. The molecule has 0 atom stereocenters. The Bertz CT molecular complexity index is 53.7. The Morgan fingerprint density at radius 3 is 2.43 bits per heavy atom. The van der Waals surface area contributed by atoms with E-state index in [0.717, 1.165) is 0 Å². The first-order chi connectivity index (χ1) is 3.27. The van der Waals surface area contributed by atoms with E-state index in [1.54, 1.807) is 0 Å². The van der Waals surface area contributed by atoms with E-state index in [2.05, 4.69) is 3.79 Å². The molecule has 0 heterocycles. The monoisotopic (exact) mass is 116 g/mol. The molecule has 0 spiro atoms. The Hall–Kier alpha value is 0.132. The molecule has 0 saturated heterocycles. The SMILES string of the molecule is CC(C)C[O][Al]=[O].